The van der Waals surface area contributed by atoms with E-state index in [1.165, 1.54) is 7.11 Å². The summed E-state index contributed by atoms with van der Waals surface area (Å²) in [7, 11) is 1.31. The molecule has 82 valence electrons. The first-order valence-corrected chi connectivity index (χ1v) is 4.97. The molecule has 0 N–H and O–H groups in total. The van der Waals surface area contributed by atoms with E-state index in [1.807, 2.05) is 13.8 Å². The molecule has 0 spiro atoms. The molecule has 0 atom stereocenters. The highest BCUT2D eigenvalue weighted by atomic mass is 35.5. The molecule has 0 aromatic heterocycles. The first-order chi connectivity index (χ1) is 7.06. The van der Waals surface area contributed by atoms with Crippen LogP contribution in [0.2, 0.25) is 5.02 Å². The third kappa shape index (κ3) is 2.86. The second-order valence-electron chi connectivity index (χ2n) is 3.28. The Labute approximate surface area is 93.9 Å². The normalized spacial score (nSPS) is 10.2. The Morgan fingerprint density at radius 3 is 2.60 bits per heavy atom. The van der Waals surface area contributed by atoms with Gasteiger partial charge in [-0.15, -0.1) is 0 Å². The van der Waals surface area contributed by atoms with Gasteiger partial charge in [-0.2, -0.15) is 0 Å². The lowest BCUT2D eigenvalue weighted by Gasteiger charge is -2.12. The second-order valence-corrected chi connectivity index (χ2v) is 3.65. The molecule has 0 aliphatic heterocycles. The Bertz CT molecular complexity index is 361. The van der Waals surface area contributed by atoms with Crippen LogP contribution in [0, 0.1) is 0 Å². The van der Waals surface area contributed by atoms with Crippen LogP contribution in [-0.4, -0.2) is 19.2 Å². The van der Waals surface area contributed by atoms with Gasteiger partial charge in [0.25, 0.3) is 0 Å². The summed E-state index contributed by atoms with van der Waals surface area (Å²) in [6.07, 6.45) is 0.00963. The molecule has 0 amide bonds. The van der Waals surface area contributed by atoms with E-state index in [4.69, 9.17) is 16.3 Å². The SMILES string of the molecule is COC(=O)c1cccc(OC(C)C)c1Cl. The fourth-order valence-electron chi connectivity index (χ4n) is 1.12. The standard InChI is InChI=1S/C11H13ClO3/c1-7(2)15-9-6-4-5-8(10(9)12)11(13)14-3/h4-7H,1-3H3. The predicted molar refractivity (Wildman–Crippen MR) is 58.6 cm³/mol. The zero-order valence-electron chi connectivity index (χ0n) is 8.91. The molecule has 1 aromatic rings. The van der Waals surface area contributed by atoms with Crippen molar-refractivity contribution in [1.29, 1.82) is 0 Å². The van der Waals surface area contributed by atoms with Crippen molar-refractivity contribution in [2.75, 3.05) is 7.11 Å². The van der Waals surface area contributed by atoms with Gasteiger partial charge in [-0.05, 0) is 26.0 Å². The molecule has 0 fully saturated rings. The van der Waals surface area contributed by atoms with Crippen molar-refractivity contribution in [2.24, 2.45) is 0 Å². The van der Waals surface area contributed by atoms with E-state index in [2.05, 4.69) is 4.74 Å². The number of carbonyl (C=O) groups is 1. The van der Waals surface area contributed by atoms with Crippen molar-refractivity contribution in [3.63, 3.8) is 0 Å². The average Bonchev–Trinajstić information content (AvgIpc) is 2.19. The Kier molecular flexibility index (Phi) is 3.97. The quantitative estimate of drug-likeness (QED) is 0.747. The second kappa shape index (κ2) is 5.03. The van der Waals surface area contributed by atoms with Gasteiger partial charge in [-0.25, -0.2) is 4.79 Å². The Morgan fingerprint density at radius 2 is 2.07 bits per heavy atom. The fourth-order valence-corrected chi connectivity index (χ4v) is 1.37. The van der Waals surface area contributed by atoms with Gasteiger partial charge in [0.2, 0.25) is 0 Å². The average molecular weight is 229 g/mol. The first kappa shape index (κ1) is 11.9. The van der Waals surface area contributed by atoms with Crippen LogP contribution in [0.3, 0.4) is 0 Å². The third-order valence-electron chi connectivity index (χ3n) is 1.73. The summed E-state index contributed by atoms with van der Waals surface area (Å²) in [6, 6.07) is 5.02. The Balaban J connectivity index is 3.05. The highest BCUT2D eigenvalue weighted by Gasteiger charge is 2.14. The van der Waals surface area contributed by atoms with Crippen molar-refractivity contribution < 1.29 is 14.3 Å². The lowest BCUT2D eigenvalue weighted by atomic mass is 10.2. The van der Waals surface area contributed by atoms with E-state index in [9.17, 15) is 4.79 Å². The van der Waals surface area contributed by atoms with Crippen LogP contribution in [0.15, 0.2) is 18.2 Å². The largest absolute Gasteiger partial charge is 0.489 e. The zero-order valence-corrected chi connectivity index (χ0v) is 9.67. The number of hydrogen-bond acceptors (Lipinski definition) is 3. The van der Waals surface area contributed by atoms with E-state index < -0.39 is 5.97 Å². The van der Waals surface area contributed by atoms with Crippen LogP contribution in [0.25, 0.3) is 0 Å². The van der Waals surface area contributed by atoms with Crippen molar-refractivity contribution in [3.8, 4) is 5.75 Å². The van der Waals surface area contributed by atoms with Crippen LogP contribution >= 0.6 is 11.6 Å². The van der Waals surface area contributed by atoms with Gasteiger partial charge in [-0.1, -0.05) is 17.7 Å². The molecule has 15 heavy (non-hydrogen) atoms. The molecule has 4 heteroatoms. The Hall–Kier alpha value is -1.22. The number of hydrogen-bond donors (Lipinski definition) is 0. The fraction of sp³-hybridized carbons (Fsp3) is 0.364. The first-order valence-electron chi connectivity index (χ1n) is 4.59. The predicted octanol–water partition coefficient (Wildman–Crippen LogP) is 2.91. The molecular weight excluding hydrogens is 216 g/mol. The van der Waals surface area contributed by atoms with E-state index in [-0.39, 0.29) is 11.1 Å². The lowest BCUT2D eigenvalue weighted by molar-refractivity contribution is 0.0600. The minimum absolute atomic E-state index is 0.00963. The molecule has 0 saturated heterocycles. The molecule has 0 aliphatic carbocycles. The van der Waals surface area contributed by atoms with Crippen molar-refractivity contribution >= 4 is 17.6 Å². The van der Waals surface area contributed by atoms with Crippen LogP contribution in [-0.2, 0) is 4.74 Å². The minimum Gasteiger partial charge on any atom is -0.489 e. The topological polar surface area (TPSA) is 35.5 Å². The number of rotatable bonds is 3. The van der Waals surface area contributed by atoms with E-state index in [0.717, 1.165) is 0 Å². The molecule has 0 saturated carbocycles. The summed E-state index contributed by atoms with van der Waals surface area (Å²) in [5.74, 6) is 0.0313. The van der Waals surface area contributed by atoms with Crippen LogP contribution in [0.4, 0.5) is 0 Å². The van der Waals surface area contributed by atoms with Crippen molar-refractivity contribution in [2.45, 2.75) is 20.0 Å². The van der Waals surface area contributed by atoms with Gasteiger partial charge >= 0.3 is 5.97 Å². The number of methoxy groups -OCH3 is 1. The molecule has 1 aromatic carbocycles. The van der Waals surface area contributed by atoms with Gasteiger partial charge in [0.15, 0.2) is 0 Å². The maximum absolute atomic E-state index is 11.3. The van der Waals surface area contributed by atoms with Crippen LogP contribution in [0.1, 0.15) is 24.2 Å². The molecule has 0 heterocycles. The molecule has 3 nitrogen and oxygen atoms in total. The molecule has 0 radical (unpaired) electrons. The lowest BCUT2D eigenvalue weighted by Crippen LogP contribution is -2.08. The summed E-state index contributed by atoms with van der Waals surface area (Å²) in [4.78, 5) is 11.3. The highest BCUT2D eigenvalue weighted by molar-refractivity contribution is 6.35. The molecule has 0 unspecified atom stereocenters. The van der Waals surface area contributed by atoms with Crippen LogP contribution in [0.5, 0.6) is 5.75 Å². The number of esters is 1. The smallest absolute Gasteiger partial charge is 0.339 e. The summed E-state index contributed by atoms with van der Waals surface area (Å²) >= 11 is 6.00. The summed E-state index contributed by atoms with van der Waals surface area (Å²) in [5, 5.41) is 0.290. The highest BCUT2D eigenvalue weighted by Crippen LogP contribution is 2.29. The third-order valence-corrected chi connectivity index (χ3v) is 2.12. The van der Waals surface area contributed by atoms with Crippen LogP contribution < -0.4 is 4.74 Å². The maximum atomic E-state index is 11.3. The van der Waals surface area contributed by atoms with Gasteiger partial charge in [-0.3, -0.25) is 0 Å². The van der Waals surface area contributed by atoms with Gasteiger partial charge in [0.1, 0.15) is 5.75 Å². The summed E-state index contributed by atoms with van der Waals surface area (Å²) in [5.41, 5.74) is 0.317. The van der Waals surface area contributed by atoms with E-state index in [0.29, 0.717) is 11.3 Å². The molecule has 0 bridgehead atoms. The Morgan fingerprint density at radius 1 is 1.40 bits per heavy atom. The van der Waals surface area contributed by atoms with Gasteiger partial charge < -0.3 is 9.47 Å². The maximum Gasteiger partial charge on any atom is 0.339 e. The zero-order chi connectivity index (χ0) is 11.4. The monoisotopic (exact) mass is 228 g/mol. The number of halogens is 1. The van der Waals surface area contributed by atoms with Crippen molar-refractivity contribution in [1.82, 2.24) is 0 Å². The number of ether oxygens (including phenoxy) is 2. The van der Waals surface area contributed by atoms with Crippen molar-refractivity contribution in [3.05, 3.63) is 28.8 Å². The van der Waals surface area contributed by atoms with E-state index in [1.54, 1.807) is 18.2 Å². The van der Waals surface area contributed by atoms with E-state index >= 15 is 0 Å². The number of carbonyl (C=O) groups excluding carboxylic acids is 1. The summed E-state index contributed by atoms with van der Waals surface area (Å²) < 4.78 is 10.0. The number of benzene rings is 1. The molecular formula is C11H13ClO3. The molecule has 0 aliphatic rings. The van der Waals surface area contributed by atoms with Gasteiger partial charge in [0.05, 0.1) is 23.8 Å². The summed E-state index contributed by atoms with van der Waals surface area (Å²) in [6.45, 7) is 3.78. The minimum atomic E-state index is -0.464. The van der Waals surface area contributed by atoms with Gasteiger partial charge in [0, 0.05) is 0 Å². The molecule has 1 rings (SSSR count).